The van der Waals surface area contributed by atoms with Crippen molar-refractivity contribution in [1.29, 1.82) is 0 Å². The van der Waals surface area contributed by atoms with Crippen LogP contribution in [0.1, 0.15) is 24.8 Å². The predicted octanol–water partition coefficient (Wildman–Crippen LogP) is 3.00. The molecule has 2 saturated carbocycles. The molecule has 0 amide bonds. The number of aryl methyl sites for hydroxylation is 1. The SMILES string of the molecule is Cc1cc(NCC2CC2)nc(NC2CC(CO)[C@@H](O)[C@H]2O)c1-c1nc2ccccc2s1. The number of anilines is 2. The largest absolute Gasteiger partial charge is 0.396 e. The van der Waals surface area contributed by atoms with Crippen molar-refractivity contribution in [2.45, 2.75) is 44.4 Å². The van der Waals surface area contributed by atoms with E-state index in [-0.39, 0.29) is 12.5 Å². The summed E-state index contributed by atoms with van der Waals surface area (Å²) >= 11 is 1.61. The van der Waals surface area contributed by atoms with Crippen molar-refractivity contribution < 1.29 is 15.3 Å². The highest BCUT2D eigenvalue weighted by Gasteiger charge is 2.41. The summed E-state index contributed by atoms with van der Waals surface area (Å²) in [5.41, 5.74) is 2.90. The molecular formula is C23H28N4O3S. The zero-order valence-corrected chi connectivity index (χ0v) is 18.3. The molecule has 2 unspecified atom stereocenters. The quantitative estimate of drug-likeness (QED) is 0.384. The van der Waals surface area contributed by atoms with Gasteiger partial charge in [-0.2, -0.15) is 0 Å². The molecule has 31 heavy (non-hydrogen) atoms. The van der Waals surface area contributed by atoms with Crippen molar-refractivity contribution in [2.75, 3.05) is 23.8 Å². The average molecular weight is 441 g/mol. The molecule has 2 aromatic heterocycles. The van der Waals surface area contributed by atoms with E-state index >= 15 is 0 Å². The fourth-order valence-corrected chi connectivity index (χ4v) is 5.39. The number of aromatic nitrogens is 2. The Labute approximate surface area is 185 Å². The summed E-state index contributed by atoms with van der Waals surface area (Å²) in [4.78, 5) is 9.67. The van der Waals surface area contributed by atoms with Gasteiger partial charge in [0, 0.05) is 19.1 Å². The summed E-state index contributed by atoms with van der Waals surface area (Å²) in [6.07, 6.45) is 1.07. The second-order valence-electron chi connectivity index (χ2n) is 8.77. The number of para-hydroxylation sites is 1. The van der Waals surface area contributed by atoms with Crippen molar-refractivity contribution in [3.05, 3.63) is 35.9 Å². The molecule has 5 N–H and O–H groups in total. The van der Waals surface area contributed by atoms with Crippen LogP contribution in [0.2, 0.25) is 0 Å². The molecule has 164 valence electrons. The first kappa shape index (κ1) is 20.6. The summed E-state index contributed by atoms with van der Waals surface area (Å²) < 4.78 is 1.11. The Bertz CT molecular complexity index is 1050. The number of thiazole rings is 1. The Morgan fingerprint density at radius 2 is 1.94 bits per heavy atom. The first-order chi connectivity index (χ1) is 15.0. The average Bonchev–Trinajstić information content (AvgIpc) is 3.44. The van der Waals surface area contributed by atoms with E-state index in [2.05, 4.69) is 16.7 Å². The van der Waals surface area contributed by atoms with Gasteiger partial charge in [0.1, 0.15) is 22.7 Å². The van der Waals surface area contributed by atoms with Crippen molar-refractivity contribution in [1.82, 2.24) is 9.97 Å². The fraction of sp³-hybridized carbons (Fsp3) is 0.478. The highest BCUT2D eigenvalue weighted by molar-refractivity contribution is 7.21. The van der Waals surface area contributed by atoms with Gasteiger partial charge >= 0.3 is 0 Å². The molecule has 4 atom stereocenters. The Morgan fingerprint density at radius 1 is 1.13 bits per heavy atom. The normalized spacial score (nSPS) is 25.8. The number of fused-ring (bicyclic) bond motifs is 1. The number of benzene rings is 1. The highest BCUT2D eigenvalue weighted by atomic mass is 32.1. The first-order valence-corrected chi connectivity index (χ1v) is 11.7. The van der Waals surface area contributed by atoms with Gasteiger partial charge in [-0.1, -0.05) is 12.1 Å². The number of hydrogen-bond acceptors (Lipinski definition) is 8. The second kappa shape index (κ2) is 8.35. The molecule has 0 aliphatic heterocycles. The zero-order chi connectivity index (χ0) is 21.5. The van der Waals surface area contributed by atoms with Crippen LogP contribution < -0.4 is 10.6 Å². The number of nitrogens with one attached hydrogen (secondary N) is 2. The monoisotopic (exact) mass is 440 g/mol. The molecule has 0 radical (unpaired) electrons. The van der Waals surface area contributed by atoms with Crippen LogP contribution in [-0.2, 0) is 0 Å². The van der Waals surface area contributed by atoms with Gasteiger partial charge < -0.3 is 26.0 Å². The predicted molar refractivity (Wildman–Crippen MR) is 123 cm³/mol. The van der Waals surface area contributed by atoms with E-state index < -0.39 is 18.2 Å². The van der Waals surface area contributed by atoms with Gasteiger partial charge in [0.2, 0.25) is 0 Å². The van der Waals surface area contributed by atoms with Gasteiger partial charge in [0.15, 0.2) is 0 Å². The van der Waals surface area contributed by atoms with Crippen molar-refractivity contribution >= 4 is 33.2 Å². The van der Waals surface area contributed by atoms with Gasteiger partial charge in [-0.3, -0.25) is 0 Å². The number of pyridine rings is 1. The molecule has 0 saturated heterocycles. The van der Waals surface area contributed by atoms with Crippen LogP contribution in [0.25, 0.3) is 20.8 Å². The maximum atomic E-state index is 10.5. The van der Waals surface area contributed by atoms with Crippen LogP contribution in [0.3, 0.4) is 0 Å². The molecular weight excluding hydrogens is 412 g/mol. The third kappa shape index (κ3) is 4.13. The number of hydrogen-bond donors (Lipinski definition) is 5. The number of rotatable bonds is 7. The van der Waals surface area contributed by atoms with E-state index in [0.29, 0.717) is 12.2 Å². The molecule has 0 spiro atoms. The van der Waals surface area contributed by atoms with Crippen LogP contribution in [0.15, 0.2) is 30.3 Å². The molecule has 1 aromatic carbocycles. The summed E-state index contributed by atoms with van der Waals surface area (Å²) in [5.74, 6) is 1.81. The molecule has 2 heterocycles. The molecule has 5 rings (SSSR count). The van der Waals surface area contributed by atoms with Crippen LogP contribution in [0, 0.1) is 18.8 Å². The lowest BCUT2D eigenvalue weighted by atomic mass is 10.1. The Morgan fingerprint density at radius 3 is 2.65 bits per heavy atom. The number of nitrogens with zero attached hydrogens (tertiary/aromatic N) is 2. The maximum Gasteiger partial charge on any atom is 0.139 e. The number of aliphatic hydroxyl groups excluding tert-OH is 3. The molecule has 0 bridgehead atoms. The van der Waals surface area contributed by atoms with Gasteiger partial charge in [-0.15, -0.1) is 11.3 Å². The van der Waals surface area contributed by atoms with Crippen LogP contribution in [0.4, 0.5) is 11.6 Å². The molecule has 2 aliphatic rings. The smallest absolute Gasteiger partial charge is 0.139 e. The fourth-order valence-electron chi connectivity index (χ4n) is 4.31. The summed E-state index contributed by atoms with van der Waals surface area (Å²) in [5, 5.41) is 38.0. The summed E-state index contributed by atoms with van der Waals surface area (Å²) in [7, 11) is 0. The maximum absolute atomic E-state index is 10.5. The minimum absolute atomic E-state index is 0.156. The van der Waals surface area contributed by atoms with Crippen molar-refractivity contribution in [2.24, 2.45) is 11.8 Å². The topological polar surface area (TPSA) is 111 Å². The third-order valence-corrected chi connectivity index (χ3v) is 7.41. The van der Waals surface area contributed by atoms with E-state index in [1.165, 1.54) is 12.8 Å². The zero-order valence-electron chi connectivity index (χ0n) is 17.5. The van der Waals surface area contributed by atoms with Crippen LogP contribution in [-0.4, -0.2) is 56.7 Å². The van der Waals surface area contributed by atoms with Gasteiger partial charge in [0.25, 0.3) is 0 Å². The molecule has 7 nitrogen and oxygen atoms in total. The minimum Gasteiger partial charge on any atom is -0.396 e. The number of aliphatic hydroxyl groups is 3. The Kier molecular flexibility index (Phi) is 5.56. The minimum atomic E-state index is -0.967. The van der Waals surface area contributed by atoms with Crippen LogP contribution in [0.5, 0.6) is 0 Å². The second-order valence-corrected chi connectivity index (χ2v) is 9.80. The van der Waals surface area contributed by atoms with E-state index in [9.17, 15) is 15.3 Å². The highest BCUT2D eigenvalue weighted by Crippen LogP contribution is 2.39. The molecule has 3 aromatic rings. The Hall–Kier alpha value is -2.26. The molecule has 2 aliphatic carbocycles. The van der Waals surface area contributed by atoms with Gasteiger partial charge in [-0.05, 0) is 55.9 Å². The van der Waals surface area contributed by atoms with Crippen LogP contribution >= 0.6 is 11.3 Å². The lowest BCUT2D eigenvalue weighted by Crippen LogP contribution is -2.35. The van der Waals surface area contributed by atoms with E-state index in [4.69, 9.17) is 9.97 Å². The standard InChI is InChI=1S/C23H28N4O3S/c1-12-8-18(24-10-13-6-7-13)27-22(25-16-9-14(11-28)20(29)21(16)30)19(12)23-26-15-4-2-3-5-17(15)31-23/h2-5,8,13-14,16,20-21,28-30H,6-7,9-11H2,1H3,(H2,24,25,27)/t14?,16?,20-,21+/m1/s1. The lowest BCUT2D eigenvalue weighted by molar-refractivity contribution is 0.00446. The van der Waals surface area contributed by atoms with E-state index in [1.54, 1.807) is 11.3 Å². The van der Waals surface area contributed by atoms with E-state index in [0.717, 1.165) is 44.6 Å². The third-order valence-electron chi connectivity index (χ3n) is 6.35. The van der Waals surface area contributed by atoms with E-state index in [1.807, 2.05) is 31.2 Å². The lowest BCUT2D eigenvalue weighted by Gasteiger charge is -2.21. The summed E-state index contributed by atoms with van der Waals surface area (Å²) in [6, 6.07) is 9.69. The molecule has 2 fully saturated rings. The summed E-state index contributed by atoms with van der Waals surface area (Å²) in [6.45, 7) is 2.80. The van der Waals surface area contributed by atoms with Crippen molar-refractivity contribution in [3.63, 3.8) is 0 Å². The van der Waals surface area contributed by atoms with Gasteiger partial charge in [-0.25, -0.2) is 9.97 Å². The first-order valence-electron chi connectivity index (χ1n) is 10.9. The van der Waals surface area contributed by atoms with Gasteiger partial charge in [0.05, 0.1) is 27.9 Å². The van der Waals surface area contributed by atoms with Crippen molar-refractivity contribution in [3.8, 4) is 10.6 Å². The Balaban J connectivity index is 1.52. The molecule has 8 heteroatoms.